The maximum Gasteiger partial charge on any atom is 0.472 e. The average Bonchev–Trinajstić information content (AvgIpc) is 3.44. The van der Waals surface area contributed by atoms with Gasteiger partial charge in [-0.25, -0.2) is 9.13 Å². The number of unbranched alkanes of at least 4 members (excludes halogenated alkanes) is 44. The van der Waals surface area contributed by atoms with Gasteiger partial charge >= 0.3 is 39.5 Å². The van der Waals surface area contributed by atoms with E-state index in [1.165, 1.54) is 205 Å². The number of ether oxygens (including phenoxy) is 4. The van der Waals surface area contributed by atoms with Crippen LogP contribution in [0.5, 0.6) is 0 Å². The highest BCUT2D eigenvalue weighted by atomic mass is 31.2. The van der Waals surface area contributed by atoms with Crippen LogP contribution in [0.4, 0.5) is 0 Å². The Morgan fingerprint density at radius 1 is 0.304 bits per heavy atom. The molecule has 0 aliphatic heterocycles. The Labute approximate surface area is 562 Å². The molecule has 0 aromatic carbocycles. The Bertz CT molecular complexity index is 1770. The fraction of sp³-hybridized carbons (Fsp3) is 0.945. The van der Waals surface area contributed by atoms with Crippen LogP contribution in [0.1, 0.15) is 381 Å². The second kappa shape index (κ2) is 66.3. The lowest BCUT2D eigenvalue weighted by Gasteiger charge is -2.21. The van der Waals surface area contributed by atoms with E-state index in [4.69, 9.17) is 37.0 Å². The molecule has 546 valence electrons. The van der Waals surface area contributed by atoms with Crippen molar-refractivity contribution in [3.63, 3.8) is 0 Å². The summed E-state index contributed by atoms with van der Waals surface area (Å²) >= 11 is 0. The molecule has 0 aromatic rings. The van der Waals surface area contributed by atoms with Gasteiger partial charge in [0.15, 0.2) is 12.2 Å². The fourth-order valence-electron chi connectivity index (χ4n) is 11.1. The van der Waals surface area contributed by atoms with E-state index in [9.17, 15) is 43.2 Å². The van der Waals surface area contributed by atoms with Crippen LogP contribution >= 0.6 is 15.6 Å². The number of aliphatic hydroxyl groups is 1. The minimum atomic E-state index is -4.95. The third-order valence-corrected chi connectivity index (χ3v) is 19.3. The predicted octanol–water partition coefficient (Wildman–Crippen LogP) is 21.3. The van der Waals surface area contributed by atoms with Gasteiger partial charge in [-0.15, -0.1) is 0 Å². The summed E-state index contributed by atoms with van der Waals surface area (Å²) in [6.07, 6.45) is 53.8. The first-order valence-corrected chi connectivity index (χ1v) is 41.2. The number of rotatable bonds is 73. The van der Waals surface area contributed by atoms with Gasteiger partial charge in [0, 0.05) is 25.7 Å². The summed E-state index contributed by atoms with van der Waals surface area (Å²) in [5.74, 6) is -1.27. The van der Waals surface area contributed by atoms with E-state index < -0.39 is 97.5 Å². The first kappa shape index (κ1) is 90.1. The highest BCUT2D eigenvalue weighted by Gasteiger charge is 2.30. The van der Waals surface area contributed by atoms with Gasteiger partial charge in [0.1, 0.15) is 19.3 Å². The van der Waals surface area contributed by atoms with Crippen LogP contribution in [-0.4, -0.2) is 96.7 Å². The Morgan fingerprint density at radius 2 is 0.522 bits per heavy atom. The number of phosphoric ester groups is 2. The molecule has 6 atom stereocenters. The first-order valence-electron chi connectivity index (χ1n) is 38.2. The van der Waals surface area contributed by atoms with Crippen molar-refractivity contribution >= 4 is 39.5 Å². The van der Waals surface area contributed by atoms with Gasteiger partial charge in [-0.1, -0.05) is 330 Å². The van der Waals surface area contributed by atoms with Gasteiger partial charge in [0.05, 0.1) is 26.4 Å². The van der Waals surface area contributed by atoms with E-state index in [1.54, 1.807) is 0 Å². The molecule has 0 saturated carbocycles. The summed E-state index contributed by atoms with van der Waals surface area (Å²) in [6, 6.07) is 0. The fourth-order valence-corrected chi connectivity index (χ4v) is 12.7. The van der Waals surface area contributed by atoms with Crippen molar-refractivity contribution in [1.29, 1.82) is 0 Å². The number of hydrogen-bond acceptors (Lipinski definition) is 15. The zero-order valence-electron chi connectivity index (χ0n) is 59.7. The summed E-state index contributed by atoms with van der Waals surface area (Å²) in [5.41, 5.74) is 0. The van der Waals surface area contributed by atoms with E-state index in [0.717, 1.165) is 95.8 Å². The van der Waals surface area contributed by atoms with Crippen molar-refractivity contribution < 1.29 is 80.2 Å². The normalized spacial score (nSPS) is 14.3. The summed E-state index contributed by atoms with van der Waals surface area (Å²) in [4.78, 5) is 72.6. The standard InChI is InChI=1S/C73H142O17P2/c1-6-10-13-16-19-22-25-33-37-42-47-52-57-71(76)84-63-69(90-73(78)59-54-49-44-39-34-29-27-26-28-32-35-40-45-50-55-66(5)9-4)65-88-92(81,82)86-61-67(74)60-85-91(79,80)87-64-68(89-72(77)58-53-48-43-38-31-24-21-18-15-12-8-3)62-83-70(75)56-51-46-41-36-30-23-20-17-14-11-7-2/h66-69,74H,6-65H2,1-5H3,(H,79,80)(H,81,82)/t66?,67-,68+,69+/m0/s1. The number of hydrogen-bond donors (Lipinski definition) is 3. The molecular formula is C73H142O17P2. The van der Waals surface area contributed by atoms with Crippen molar-refractivity contribution in [2.75, 3.05) is 39.6 Å². The molecule has 0 bridgehead atoms. The molecule has 3 unspecified atom stereocenters. The molecule has 0 rings (SSSR count). The average molecular weight is 1350 g/mol. The Balaban J connectivity index is 5.23. The largest absolute Gasteiger partial charge is 0.472 e. The van der Waals surface area contributed by atoms with Crippen LogP contribution in [0.25, 0.3) is 0 Å². The Morgan fingerprint density at radius 3 is 0.772 bits per heavy atom. The van der Waals surface area contributed by atoms with Gasteiger partial charge < -0.3 is 33.8 Å². The van der Waals surface area contributed by atoms with Gasteiger partial charge in [-0.05, 0) is 31.6 Å². The monoisotopic (exact) mass is 1350 g/mol. The van der Waals surface area contributed by atoms with Crippen LogP contribution in [0.15, 0.2) is 0 Å². The van der Waals surface area contributed by atoms with E-state index >= 15 is 0 Å². The topological polar surface area (TPSA) is 237 Å². The van der Waals surface area contributed by atoms with Crippen LogP contribution in [0.3, 0.4) is 0 Å². The van der Waals surface area contributed by atoms with Crippen LogP contribution in [0.2, 0.25) is 0 Å². The SMILES string of the molecule is CCCCCCCCCCCCCCC(=O)OC[C@H](COP(=O)(O)OC[C@@H](O)COP(=O)(O)OC[C@@H](COC(=O)CCCCCCCCCCCCC)OC(=O)CCCCCCCCCCCCC)OC(=O)CCCCCCCCCCCCCCCCC(C)CC. The van der Waals surface area contributed by atoms with Crippen LogP contribution < -0.4 is 0 Å². The molecule has 0 aliphatic carbocycles. The Kier molecular flexibility index (Phi) is 64.9. The van der Waals surface area contributed by atoms with Crippen molar-refractivity contribution in [1.82, 2.24) is 0 Å². The predicted molar refractivity (Wildman–Crippen MR) is 372 cm³/mol. The molecule has 0 amide bonds. The smallest absolute Gasteiger partial charge is 0.462 e. The highest BCUT2D eigenvalue weighted by molar-refractivity contribution is 7.47. The zero-order chi connectivity index (χ0) is 67.7. The summed E-state index contributed by atoms with van der Waals surface area (Å²) in [5, 5.41) is 10.6. The lowest BCUT2D eigenvalue weighted by Crippen LogP contribution is -2.30. The molecule has 19 heteroatoms. The quantitative estimate of drug-likeness (QED) is 0.0222. The molecule has 92 heavy (non-hydrogen) atoms. The van der Waals surface area contributed by atoms with Crippen molar-refractivity contribution in [3.8, 4) is 0 Å². The molecule has 0 aromatic heterocycles. The number of aliphatic hydroxyl groups excluding tert-OH is 1. The second-order valence-corrected chi connectivity index (χ2v) is 29.5. The molecular weight excluding hydrogens is 1210 g/mol. The van der Waals surface area contributed by atoms with Gasteiger partial charge in [0.25, 0.3) is 0 Å². The van der Waals surface area contributed by atoms with Gasteiger partial charge in [0.2, 0.25) is 0 Å². The van der Waals surface area contributed by atoms with Crippen LogP contribution in [0, 0.1) is 5.92 Å². The summed E-state index contributed by atoms with van der Waals surface area (Å²) in [7, 11) is -9.90. The third-order valence-electron chi connectivity index (χ3n) is 17.4. The first-order chi connectivity index (χ1) is 44.6. The molecule has 3 N–H and O–H groups in total. The number of phosphoric acid groups is 2. The number of esters is 4. The number of carbonyl (C=O) groups excluding carboxylic acids is 4. The second-order valence-electron chi connectivity index (χ2n) is 26.6. The van der Waals surface area contributed by atoms with Crippen molar-refractivity contribution in [2.45, 2.75) is 400 Å². The molecule has 0 radical (unpaired) electrons. The van der Waals surface area contributed by atoms with Crippen LogP contribution in [-0.2, 0) is 65.4 Å². The van der Waals surface area contributed by atoms with Crippen molar-refractivity contribution in [3.05, 3.63) is 0 Å². The lowest BCUT2D eigenvalue weighted by molar-refractivity contribution is -0.161. The maximum absolute atomic E-state index is 13.1. The van der Waals surface area contributed by atoms with Gasteiger partial charge in [-0.3, -0.25) is 37.3 Å². The lowest BCUT2D eigenvalue weighted by atomic mass is 9.99. The molecule has 0 fully saturated rings. The van der Waals surface area contributed by atoms with Gasteiger partial charge in [-0.2, -0.15) is 0 Å². The molecule has 0 saturated heterocycles. The molecule has 0 aliphatic rings. The minimum absolute atomic E-state index is 0.107. The molecule has 0 heterocycles. The zero-order valence-corrected chi connectivity index (χ0v) is 61.5. The van der Waals surface area contributed by atoms with E-state index in [-0.39, 0.29) is 25.7 Å². The van der Waals surface area contributed by atoms with E-state index in [0.29, 0.717) is 25.7 Å². The van der Waals surface area contributed by atoms with Crippen molar-refractivity contribution in [2.24, 2.45) is 5.92 Å². The number of carbonyl (C=O) groups is 4. The van der Waals surface area contributed by atoms with E-state index in [1.807, 2.05) is 0 Å². The maximum atomic E-state index is 13.1. The third kappa shape index (κ3) is 65.4. The Hall–Kier alpha value is -1.94. The summed E-state index contributed by atoms with van der Waals surface area (Å²) in [6.45, 7) is 7.32. The van der Waals surface area contributed by atoms with E-state index in [2.05, 4.69) is 34.6 Å². The minimum Gasteiger partial charge on any atom is -0.462 e. The summed E-state index contributed by atoms with van der Waals surface area (Å²) < 4.78 is 68.4. The highest BCUT2D eigenvalue weighted by Crippen LogP contribution is 2.45. The molecule has 0 spiro atoms. The molecule has 17 nitrogen and oxygen atoms in total.